The highest BCUT2D eigenvalue weighted by Gasteiger charge is 2.08. The summed E-state index contributed by atoms with van der Waals surface area (Å²) in [5, 5.41) is 4.84. The van der Waals surface area contributed by atoms with Crippen LogP contribution in [0.4, 0.5) is 5.69 Å². The van der Waals surface area contributed by atoms with E-state index in [1.807, 2.05) is 23.0 Å². The van der Waals surface area contributed by atoms with Crippen molar-refractivity contribution in [1.29, 1.82) is 0 Å². The van der Waals surface area contributed by atoms with Gasteiger partial charge in [-0.3, -0.25) is 4.79 Å². The van der Waals surface area contributed by atoms with Crippen molar-refractivity contribution in [2.24, 2.45) is 0 Å². The Hall–Kier alpha value is -2.64. The first-order valence-corrected chi connectivity index (χ1v) is 9.68. The van der Waals surface area contributed by atoms with Crippen molar-refractivity contribution in [3.05, 3.63) is 76.2 Å². The summed E-state index contributed by atoms with van der Waals surface area (Å²) in [4.78, 5) is 29.1. The van der Waals surface area contributed by atoms with Gasteiger partial charge in [0, 0.05) is 27.3 Å². The molecule has 3 rings (SSSR count). The third-order valence-electron chi connectivity index (χ3n) is 3.55. The van der Waals surface area contributed by atoms with Crippen LogP contribution in [0.15, 0.2) is 64.3 Å². The first kappa shape index (κ1) is 18.2. The first-order valence-electron chi connectivity index (χ1n) is 7.75. The normalized spacial score (nSPS) is 10.3. The van der Waals surface area contributed by atoms with Crippen molar-refractivity contribution in [3.63, 3.8) is 0 Å². The monoisotopic (exact) mass is 384 g/mol. The molecule has 0 unspecified atom stereocenters. The summed E-state index contributed by atoms with van der Waals surface area (Å²) in [6.07, 6.45) is 0. The Morgan fingerprint density at radius 3 is 2.38 bits per heavy atom. The van der Waals surface area contributed by atoms with Crippen LogP contribution in [0, 0.1) is 0 Å². The predicted octanol–water partition coefficient (Wildman–Crippen LogP) is 4.47. The number of aromatic nitrogens is 1. The summed E-state index contributed by atoms with van der Waals surface area (Å²) < 4.78 is 4.65. The highest BCUT2D eigenvalue weighted by atomic mass is 32.2. The molecule has 0 atom stereocenters. The first-order chi connectivity index (χ1) is 12.7. The van der Waals surface area contributed by atoms with Gasteiger partial charge in [0.1, 0.15) is 0 Å². The molecule has 1 aromatic heterocycles. The molecule has 132 valence electrons. The number of esters is 1. The molecule has 0 saturated carbocycles. The number of carbonyl (C=O) groups excluding carboxylic acids is 2. The van der Waals surface area contributed by atoms with Crippen LogP contribution in [0.2, 0.25) is 0 Å². The van der Waals surface area contributed by atoms with E-state index in [-0.39, 0.29) is 5.91 Å². The molecule has 5 nitrogen and oxygen atoms in total. The fourth-order valence-electron chi connectivity index (χ4n) is 2.18. The Labute approximate surface area is 159 Å². The molecule has 1 N–H and O–H groups in total. The lowest BCUT2D eigenvalue weighted by Crippen LogP contribution is -2.12. The maximum atomic E-state index is 12.3. The van der Waals surface area contributed by atoms with Crippen molar-refractivity contribution in [1.82, 2.24) is 4.98 Å². The van der Waals surface area contributed by atoms with Crippen LogP contribution in [-0.4, -0.2) is 24.0 Å². The molecule has 7 heteroatoms. The zero-order valence-electron chi connectivity index (χ0n) is 14.0. The van der Waals surface area contributed by atoms with Gasteiger partial charge in [-0.25, -0.2) is 9.78 Å². The number of benzene rings is 2. The molecule has 0 saturated heterocycles. The molecule has 26 heavy (non-hydrogen) atoms. The van der Waals surface area contributed by atoms with E-state index in [9.17, 15) is 9.59 Å². The predicted molar refractivity (Wildman–Crippen MR) is 104 cm³/mol. The van der Waals surface area contributed by atoms with Gasteiger partial charge in [0.15, 0.2) is 0 Å². The SMILES string of the molecule is COC(=O)c1ccc(NC(=O)c2ccc(SCc3cscn3)cc2)cc1. The minimum absolute atomic E-state index is 0.202. The van der Waals surface area contributed by atoms with Gasteiger partial charge in [-0.15, -0.1) is 23.1 Å². The second-order valence-corrected chi connectivity index (χ2v) is 7.08. The van der Waals surface area contributed by atoms with Gasteiger partial charge in [0.2, 0.25) is 0 Å². The summed E-state index contributed by atoms with van der Waals surface area (Å²) in [7, 11) is 1.33. The molecule has 1 heterocycles. The maximum Gasteiger partial charge on any atom is 0.337 e. The molecule has 0 aliphatic carbocycles. The van der Waals surface area contributed by atoms with E-state index in [0.717, 1.165) is 16.3 Å². The topological polar surface area (TPSA) is 68.3 Å². The molecular formula is C19H16N2O3S2. The van der Waals surface area contributed by atoms with Crippen molar-refractivity contribution < 1.29 is 14.3 Å². The molecule has 0 aliphatic heterocycles. The lowest BCUT2D eigenvalue weighted by atomic mass is 10.2. The minimum atomic E-state index is -0.409. The number of amides is 1. The number of hydrogen-bond donors (Lipinski definition) is 1. The van der Waals surface area contributed by atoms with Crippen molar-refractivity contribution in [2.45, 2.75) is 10.6 Å². The number of hydrogen-bond acceptors (Lipinski definition) is 6. The highest BCUT2D eigenvalue weighted by molar-refractivity contribution is 7.98. The van der Waals surface area contributed by atoms with Crippen molar-refractivity contribution >= 4 is 40.7 Å². The van der Waals surface area contributed by atoms with E-state index in [4.69, 9.17) is 0 Å². The number of methoxy groups -OCH3 is 1. The van der Waals surface area contributed by atoms with Crippen LogP contribution in [0.25, 0.3) is 0 Å². The number of carbonyl (C=O) groups is 2. The van der Waals surface area contributed by atoms with Gasteiger partial charge in [0.25, 0.3) is 5.91 Å². The van der Waals surface area contributed by atoms with Gasteiger partial charge < -0.3 is 10.1 Å². The third kappa shape index (κ3) is 4.71. The van der Waals surface area contributed by atoms with Gasteiger partial charge in [0.05, 0.1) is 23.9 Å². The summed E-state index contributed by atoms with van der Waals surface area (Å²) in [6, 6.07) is 14.0. The van der Waals surface area contributed by atoms with E-state index in [2.05, 4.69) is 15.0 Å². The Morgan fingerprint density at radius 2 is 1.77 bits per heavy atom. The zero-order valence-corrected chi connectivity index (χ0v) is 15.6. The van der Waals surface area contributed by atoms with E-state index in [0.29, 0.717) is 16.8 Å². The summed E-state index contributed by atoms with van der Waals surface area (Å²) in [5.74, 6) is 0.196. The van der Waals surface area contributed by atoms with Crippen LogP contribution < -0.4 is 5.32 Å². The molecular weight excluding hydrogens is 368 g/mol. The Balaban J connectivity index is 1.58. The zero-order chi connectivity index (χ0) is 18.4. The molecule has 1 amide bonds. The molecule has 0 fully saturated rings. The number of nitrogens with zero attached hydrogens (tertiary/aromatic N) is 1. The summed E-state index contributed by atoms with van der Waals surface area (Å²) in [5.41, 5.74) is 4.50. The second-order valence-electron chi connectivity index (χ2n) is 5.32. The fraction of sp³-hybridized carbons (Fsp3) is 0.105. The minimum Gasteiger partial charge on any atom is -0.465 e. The number of anilines is 1. The lowest BCUT2D eigenvalue weighted by molar-refractivity contribution is 0.0600. The average molecular weight is 384 g/mol. The second kappa shape index (κ2) is 8.64. The average Bonchev–Trinajstić information content (AvgIpc) is 3.20. The van der Waals surface area contributed by atoms with Crippen LogP contribution in [0.3, 0.4) is 0 Å². The molecule has 0 aliphatic rings. The van der Waals surface area contributed by atoms with Gasteiger partial charge >= 0.3 is 5.97 Å². The van der Waals surface area contributed by atoms with Crippen LogP contribution >= 0.6 is 23.1 Å². The molecule has 3 aromatic rings. The maximum absolute atomic E-state index is 12.3. The number of ether oxygens (including phenoxy) is 1. The highest BCUT2D eigenvalue weighted by Crippen LogP contribution is 2.23. The lowest BCUT2D eigenvalue weighted by Gasteiger charge is -2.07. The largest absolute Gasteiger partial charge is 0.465 e. The molecule has 0 spiro atoms. The Morgan fingerprint density at radius 1 is 1.08 bits per heavy atom. The van der Waals surface area contributed by atoms with Gasteiger partial charge in [-0.05, 0) is 48.5 Å². The summed E-state index contributed by atoms with van der Waals surface area (Å²) in [6.45, 7) is 0. The van der Waals surface area contributed by atoms with Crippen LogP contribution in [0.1, 0.15) is 26.4 Å². The van der Waals surface area contributed by atoms with Crippen molar-refractivity contribution in [2.75, 3.05) is 12.4 Å². The smallest absolute Gasteiger partial charge is 0.337 e. The van der Waals surface area contributed by atoms with E-state index < -0.39 is 5.97 Å². The van der Waals surface area contributed by atoms with E-state index in [1.54, 1.807) is 59.5 Å². The quantitative estimate of drug-likeness (QED) is 0.501. The molecule has 0 radical (unpaired) electrons. The molecule has 2 aromatic carbocycles. The van der Waals surface area contributed by atoms with Crippen LogP contribution in [0.5, 0.6) is 0 Å². The van der Waals surface area contributed by atoms with Crippen LogP contribution in [-0.2, 0) is 10.5 Å². The number of rotatable bonds is 6. The summed E-state index contributed by atoms with van der Waals surface area (Å²) >= 11 is 3.26. The fourth-order valence-corrected chi connectivity index (χ4v) is 3.64. The number of thiazole rings is 1. The number of thioether (sulfide) groups is 1. The Kier molecular flexibility index (Phi) is 6.04. The number of nitrogens with one attached hydrogen (secondary N) is 1. The Bertz CT molecular complexity index is 876. The van der Waals surface area contributed by atoms with E-state index >= 15 is 0 Å². The standard InChI is InChI=1S/C19H16N2O3S2/c1-24-19(23)14-2-6-15(7-3-14)21-18(22)13-4-8-17(9-5-13)26-11-16-10-25-12-20-16/h2-10,12H,11H2,1H3,(H,21,22). The third-order valence-corrected chi connectivity index (χ3v) is 5.23. The van der Waals surface area contributed by atoms with Crippen molar-refractivity contribution in [3.8, 4) is 0 Å². The molecule has 0 bridgehead atoms. The van der Waals surface area contributed by atoms with Gasteiger partial charge in [-0.2, -0.15) is 0 Å². The van der Waals surface area contributed by atoms with E-state index in [1.165, 1.54) is 7.11 Å². The van der Waals surface area contributed by atoms with Gasteiger partial charge in [-0.1, -0.05) is 0 Å².